The van der Waals surface area contributed by atoms with Crippen LogP contribution in [0.4, 0.5) is 0 Å². The van der Waals surface area contributed by atoms with E-state index in [1.807, 2.05) is 0 Å². The second-order valence-electron chi connectivity index (χ2n) is 3.23. The van der Waals surface area contributed by atoms with E-state index in [4.69, 9.17) is 5.11 Å². The minimum atomic E-state index is -1.19. The molecule has 0 unspecified atom stereocenters. The molecule has 0 fully saturated rings. The number of carbonyl (C=O) groups is 2. The lowest BCUT2D eigenvalue weighted by Crippen LogP contribution is -2.03. The van der Waals surface area contributed by atoms with Gasteiger partial charge < -0.3 is 9.84 Å². The van der Waals surface area contributed by atoms with Crippen molar-refractivity contribution in [2.75, 3.05) is 7.11 Å². The van der Waals surface area contributed by atoms with Gasteiger partial charge in [-0.05, 0) is 17.7 Å². The Kier molecular flexibility index (Phi) is 3.33. The summed E-state index contributed by atoms with van der Waals surface area (Å²) in [5.41, 5.74) is 0.488. The number of ether oxygens (including phenoxy) is 1. The molecule has 6 nitrogen and oxygen atoms in total. The Labute approximate surface area is 106 Å². The molecule has 0 aromatic carbocycles. The maximum atomic E-state index is 11.4. The molecule has 2 aromatic heterocycles. The molecule has 2 rings (SSSR count). The van der Waals surface area contributed by atoms with Gasteiger partial charge in [0.25, 0.3) is 0 Å². The average Bonchev–Trinajstić information content (AvgIpc) is 2.84. The van der Waals surface area contributed by atoms with E-state index in [9.17, 15) is 9.59 Å². The molecule has 18 heavy (non-hydrogen) atoms. The molecule has 2 aromatic rings. The number of rotatable bonds is 3. The molecular formula is C11H8N2O4S. The highest BCUT2D eigenvalue weighted by Gasteiger charge is 2.22. The number of hydrogen-bond donors (Lipinski definition) is 1. The first kappa shape index (κ1) is 12.2. The molecule has 0 atom stereocenters. The van der Waals surface area contributed by atoms with Gasteiger partial charge in [0, 0.05) is 12.4 Å². The Bertz CT molecular complexity index is 594. The van der Waals surface area contributed by atoms with Gasteiger partial charge in [-0.3, -0.25) is 4.98 Å². The summed E-state index contributed by atoms with van der Waals surface area (Å²) >= 11 is 0.979. The number of carboxylic acids is 1. The van der Waals surface area contributed by atoms with Crippen molar-refractivity contribution in [1.29, 1.82) is 0 Å². The number of aromatic nitrogens is 2. The fourth-order valence-corrected chi connectivity index (χ4v) is 2.32. The number of aromatic carboxylic acids is 1. The lowest BCUT2D eigenvalue weighted by Gasteiger charge is -1.96. The molecule has 0 saturated heterocycles. The molecule has 1 N–H and O–H groups in total. The maximum Gasteiger partial charge on any atom is 0.367 e. The van der Waals surface area contributed by atoms with Crippen molar-refractivity contribution in [2.24, 2.45) is 0 Å². The Hall–Kier alpha value is -2.28. The van der Waals surface area contributed by atoms with E-state index >= 15 is 0 Å². The highest BCUT2D eigenvalue weighted by Crippen LogP contribution is 2.30. The molecule has 0 aliphatic heterocycles. The predicted molar refractivity (Wildman–Crippen MR) is 63.6 cm³/mol. The highest BCUT2D eigenvalue weighted by atomic mass is 32.1. The number of carboxylic acid groups (broad SMARTS) is 1. The summed E-state index contributed by atoms with van der Waals surface area (Å²) in [4.78, 5) is 30.5. The molecular weight excluding hydrogens is 256 g/mol. The van der Waals surface area contributed by atoms with Gasteiger partial charge >= 0.3 is 11.9 Å². The van der Waals surface area contributed by atoms with Crippen LogP contribution < -0.4 is 0 Å². The van der Waals surface area contributed by atoms with Crippen LogP contribution in [0.1, 0.15) is 20.3 Å². The van der Waals surface area contributed by atoms with E-state index in [2.05, 4.69) is 14.7 Å². The van der Waals surface area contributed by atoms with E-state index in [1.54, 1.807) is 24.5 Å². The topological polar surface area (TPSA) is 89.4 Å². The zero-order valence-electron chi connectivity index (χ0n) is 9.28. The van der Waals surface area contributed by atoms with E-state index in [1.165, 1.54) is 7.11 Å². The van der Waals surface area contributed by atoms with Gasteiger partial charge in [0.05, 0.1) is 12.0 Å². The first-order chi connectivity index (χ1) is 8.63. The SMILES string of the molecule is COC(=O)c1nc(C(=O)O)c(-c2ccncc2)s1. The van der Waals surface area contributed by atoms with E-state index < -0.39 is 11.9 Å². The van der Waals surface area contributed by atoms with Crippen LogP contribution in [0.15, 0.2) is 24.5 Å². The molecule has 0 saturated carbocycles. The molecule has 0 spiro atoms. The maximum absolute atomic E-state index is 11.4. The van der Waals surface area contributed by atoms with Crippen molar-refractivity contribution in [1.82, 2.24) is 9.97 Å². The van der Waals surface area contributed by atoms with Crippen molar-refractivity contribution in [3.63, 3.8) is 0 Å². The zero-order valence-corrected chi connectivity index (χ0v) is 10.1. The van der Waals surface area contributed by atoms with Crippen LogP contribution >= 0.6 is 11.3 Å². The van der Waals surface area contributed by atoms with Gasteiger partial charge in [0.15, 0.2) is 5.69 Å². The van der Waals surface area contributed by atoms with Crippen LogP contribution in [0.25, 0.3) is 10.4 Å². The van der Waals surface area contributed by atoms with Gasteiger partial charge in [-0.2, -0.15) is 0 Å². The smallest absolute Gasteiger partial charge is 0.367 e. The van der Waals surface area contributed by atoms with E-state index in [-0.39, 0.29) is 10.7 Å². The van der Waals surface area contributed by atoms with Gasteiger partial charge in [-0.15, -0.1) is 11.3 Å². The number of nitrogens with zero attached hydrogens (tertiary/aromatic N) is 2. The van der Waals surface area contributed by atoms with Crippen molar-refractivity contribution >= 4 is 23.3 Å². The quantitative estimate of drug-likeness (QED) is 0.848. The van der Waals surface area contributed by atoms with Crippen molar-refractivity contribution in [3.8, 4) is 10.4 Å². The van der Waals surface area contributed by atoms with Crippen LogP contribution in [0.2, 0.25) is 0 Å². The lowest BCUT2D eigenvalue weighted by molar-refractivity contribution is 0.0600. The monoisotopic (exact) mass is 264 g/mol. The van der Waals surface area contributed by atoms with Crippen molar-refractivity contribution in [3.05, 3.63) is 35.2 Å². The van der Waals surface area contributed by atoms with Gasteiger partial charge in [0.1, 0.15) is 0 Å². The van der Waals surface area contributed by atoms with Crippen LogP contribution in [-0.4, -0.2) is 34.1 Å². The second kappa shape index (κ2) is 4.92. The van der Waals surface area contributed by atoms with Crippen LogP contribution in [0.5, 0.6) is 0 Å². The summed E-state index contributed by atoms with van der Waals surface area (Å²) in [6.07, 6.45) is 3.08. The molecule has 92 valence electrons. The molecule has 7 heteroatoms. The Morgan fingerprint density at radius 1 is 1.33 bits per heavy atom. The summed E-state index contributed by atoms with van der Waals surface area (Å²) in [7, 11) is 1.22. The fraction of sp³-hybridized carbons (Fsp3) is 0.0909. The summed E-state index contributed by atoms with van der Waals surface area (Å²) in [6, 6.07) is 3.31. The average molecular weight is 264 g/mol. The van der Waals surface area contributed by atoms with Crippen LogP contribution in [-0.2, 0) is 4.74 Å². The summed E-state index contributed by atoms with van der Waals surface area (Å²) < 4.78 is 4.52. The van der Waals surface area contributed by atoms with Crippen LogP contribution in [0.3, 0.4) is 0 Å². The third kappa shape index (κ3) is 2.21. The zero-order chi connectivity index (χ0) is 13.1. The number of carbonyl (C=O) groups excluding carboxylic acids is 1. The van der Waals surface area contributed by atoms with Crippen LogP contribution in [0, 0.1) is 0 Å². The largest absolute Gasteiger partial charge is 0.476 e. The van der Waals surface area contributed by atoms with Gasteiger partial charge in [-0.1, -0.05) is 0 Å². The number of thiazole rings is 1. The third-order valence-electron chi connectivity index (χ3n) is 2.13. The predicted octanol–water partition coefficient (Wildman–Crippen LogP) is 1.69. The molecule has 0 aliphatic carbocycles. The van der Waals surface area contributed by atoms with E-state index in [0.29, 0.717) is 10.4 Å². The van der Waals surface area contributed by atoms with Gasteiger partial charge in [-0.25, -0.2) is 14.6 Å². The molecule has 0 aliphatic rings. The Morgan fingerprint density at radius 3 is 2.56 bits per heavy atom. The normalized spacial score (nSPS) is 10.1. The summed E-state index contributed by atoms with van der Waals surface area (Å²) in [6.45, 7) is 0. The fourth-order valence-electron chi connectivity index (χ4n) is 1.34. The summed E-state index contributed by atoms with van der Waals surface area (Å²) in [5, 5.41) is 9.09. The van der Waals surface area contributed by atoms with Crippen molar-refractivity contribution in [2.45, 2.75) is 0 Å². The third-order valence-corrected chi connectivity index (χ3v) is 3.22. The standard InChI is InChI=1S/C11H8N2O4S/c1-17-11(16)9-13-7(10(14)15)8(18-9)6-2-4-12-5-3-6/h2-5H,1H3,(H,14,15). The Balaban J connectivity index is 2.56. The van der Waals surface area contributed by atoms with E-state index in [0.717, 1.165) is 11.3 Å². The first-order valence-corrected chi connectivity index (χ1v) is 5.68. The number of hydrogen-bond acceptors (Lipinski definition) is 6. The Morgan fingerprint density at radius 2 is 2.00 bits per heavy atom. The second-order valence-corrected chi connectivity index (χ2v) is 4.23. The summed E-state index contributed by atoms with van der Waals surface area (Å²) in [5.74, 6) is -1.84. The molecule has 2 heterocycles. The minimum absolute atomic E-state index is 0.0155. The first-order valence-electron chi connectivity index (χ1n) is 4.86. The lowest BCUT2D eigenvalue weighted by atomic mass is 10.2. The van der Waals surface area contributed by atoms with Crippen molar-refractivity contribution < 1.29 is 19.4 Å². The van der Waals surface area contributed by atoms with Gasteiger partial charge in [0.2, 0.25) is 5.01 Å². The molecule has 0 radical (unpaired) electrons. The highest BCUT2D eigenvalue weighted by molar-refractivity contribution is 7.17. The minimum Gasteiger partial charge on any atom is -0.476 e. The number of methoxy groups -OCH3 is 1. The molecule has 0 amide bonds. The number of esters is 1. The molecule has 0 bridgehead atoms. The number of pyridine rings is 1.